The van der Waals surface area contributed by atoms with Gasteiger partial charge in [0.1, 0.15) is 5.75 Å². The van der Waals surface area contributed by atoms with Gasteiger partial charge in [-0.05, 0) is 38.3 Å². The number of sulfone groups is 1. The molecule has 8 heteroatoms. The zero-order chi connectivity index (χ0) is 18.4. The van der Waals surface area contributed by atoms with Crippen LogP contribution in [0.5, 0.6) is 5.75 Å². The zero-order valence-electron chi connectivity index (χ0n) is 14.6. The van der Waals surface area contributed by atoms with Crippen molar-refractivity contribution in [3.05, 3.63) is 23.8 Å². The van der Waals surface area contributed by atoms with Gasteiger partial charge in [0, 0.05) is 36.8 Å². The van der Waals surface area contributed by atoms with Gasteiger partial charge in [-0.15, -0.1) is 0 Å². The molecule has 0 radical (unpaired) electrons. The van der Waals surface area contributed by atoms with Crippen LogP contribution in [-0.4, -0.2) is 50.2 Å². The highest BCUT2D eigenvalue weighted by molar-refractivity contribution is 7.91. The Hall–Kier alpha value is -2.09. The van der Waals surface area contributed by atoms with Crippen LogP contribution in [0.1, 0.15) is 32.3 Å². The van der Waals surface area contributed by atoms with Crippen LogP contribution in [-0.2, 0) is 14.6 Å². The summed E-state index contributed by atoms with van der Waals surface area (Å²) < 4.78 is 22.8. The zero-order valence-corrected chi connectivity index (χ0v) is 15.4. The highest BCUT2D eigenvalue weighted by Crippen LogP contribution is 2.24. The maximum atomic E-state index is 11.8. The third-order valence-corrected chi connectivity index (χ3v) is 6.17. The van der Waals surface area contributed by atoms with E-state index in [0.717, 1.165) is 18.8 Å². The molecular weight excluding hydrogens is 342 g/mol. The number of carbonyl (C=O) groups excluding carboxylic acids is 1. The van der Waals surface area contributed by atoms with Gasteiger partial charge >= 0.3 is 0 Å². The van der Waals surface area contributed by atoms with Crippen LogP contribution in [0, 0.1) is 5.92 Å². The number of hydrazone groups is 1. The Kier molecular flexibility index (Phi) is 6.41. The molecule has 0 saturated carbocycles. The first-order valence-corrected chi connectivity index (χ1v) is 10.3. The summed E-state index contributed by atoms with van der Waals surface area (Å²) in [5.41, 5.74) is 3.81. The summed E-state index contributed by atoms with van der Waals surface area (Å²) in [6.07, 6.45) is 2.04. The molecule has 25 heavy (non-hydrogen) atoms. The fourth-order valence-corrected chi connectivity index (χ4v) is 4.80. The van der Waals surface area contributed by atoms with Crippen LogP contribution < -0.4 is 10.3 Å². The maximum Gasteiger partial charge on any atom is 0.240 e. The number of nitrogens with zero attached hydrogens (tertiary/aromatic N) is 2. The molecule has 0 bridgehead atoms. The van der Waals surface area contributed by atoms with Gasteiger partial charge < -0.3 is 10.0 Å². The molecule has 1 heterocycles. The maximum absolute atomic E-state index is 11.8. The number of carbonyl (C=O) groups is 1. The van der Waals surface area contributed by atoms with E-state index in [4.69, 9.17) is 0 Å². The van der Waals surface area contributed by atoms with Crippen molar-refractivity contribution in [3.63, 3.8) is 0 Å². The molecular formula is C17H25N3O4S. The first kappa shape index (κ1) is 19.2. The Balaban J connectivity index is 1.90. The van der Waals surface area contributed by atoms with Gasteiger partial charge in [-0.2, -0.15) is 5.10 Å². The van der Waals surface area contributed by atoms with Gasteiger partial charge in [-0.25, -0.2) is 13.8 Å². The number of hydrogen-bond donors (Lipinski definition) is 2. The standard InChI is InChI=1S/C17H25N3O4S/c1-3-20(4-2)15-6-5-14(16(21)10-15)11-18-19-17(22)9-13-7-8-25(23,24)12-13/h5-6,10-11,13,21H,3-4,7-9,12H2,1-2H3,(H,19,22)/b18-11+/t13-/m0/s1. The molecule has 0 unspecified atom stereocenters. The number of hydrogen-bond acceptors (Lipinski definition) is 6. The van der Waals surface area contributed by atoms with E-state index in [9.17, 15) is 18.3 Å². The number of phenols is 1. The van der Waals surface area contributed by atoms with Crippen LogP contribution in [0.4, 0.5) is 5.69 Å². The molecule has 1 saturated heterocycles. The molecule has 1 aromatic rings. The van der Waals surface area contributed by atoms with Crippen LogP contribution in [0.25, 0.3) is 0 Å². The predicted octanol–water partition coefficient (Wildman–Crippen LogP) is 1.51. The fraction of sp³-hybridized carbons (Fsp3) is 0.529. The van der Waals surface area contributed by atoms with Crippen molar-refractivity contribution in [2.24, 2.45) is 11.0 Å². The van der Waals surface area contributed by atoms with Gasteiger partial charge in [-0.3, -0.25) is 4.79 Å². The Morgan fingerprint density at radius 2 is 2.12 bits per heavy atom. The first-order valence-electron chi connectivity index (χ1n) is 8.45. The number of phenolic OH excluding ortho intramolecular Hbond substituents is 1. The predicted molar refractivity (Wildman–Crippen MR) is 98.8 cm³/mol. The summed E-state index contributed by atoms with van der Waals surface area (Å²) in [6, 6.07) is 5.29. The lowest BCUT2D eigenvalue weighted by atomic mass is 10.1. The van der Waals surface area contributed by atoms with Crippen molar-refractivity contribution >= 4 is 27.6 Å². The second-order valence-electron chi connectivity index (χ2n) is 6.18. The molecule has 0 aliphatic carbocycles. The van der Waals surface area contributed by atoms with Crippen molar-refractivity contribution in [2.45, 2.75) is 26.7 Å². The van der Waals surface area contributed by atoms with E-state index in [1.807, 2.05) is 19.9 Å². The van der Waals surface area contributed by atoms with E-state index < -0.39 is 9.84 Å². The van der Waals surface area contributed by atoms with Gasteiger partial charge in [0.25, 0.3) is 0 Å². The van der Waals surface area contributed by atoms with Gasteiger partial charge in [-0.1, -0.05) is 0 Å². The normalized spacial score (nSPS) is 19.2. The van der Waals surface area contributed by atoms with Crippen LogP contribution in [0.15, 0.2) is 23.3 Å². The summed E-state index contributed by atoms with van der Waals surface area (Å²) in [5, 5.41) is 13.9. The van der Waals surface area contributed by atoms with E-state index in [-0.39, 0.29) is 35.5 Å². The summed E-state index contributed by atoms with van der Waals surface area (Å²) in [4.78, 5) is 13.9. The third kappa shape index (κ3) is 5.45. The second-order valence-corrected chi connectivity index (χ2v) is 8.41. The number of aromatic hydroxyl groups is 1. The molecule has 1 aliphatic rings. The monoisotopic (exact) mass is 367 g/mol. The van der Waals surface area contributed by atoms with Crippen molar-refractivity contribution in [1.29, 1.82) is 0 Å². The van der Waals surface area contributed by atoms with Crippen LogP contribution >= 0.6 is 0 Å². The molecule has 1 fully saturated rings. The number of anilines is 1. The highest BCUT2D eigenvalue weighted by atomic mass is 32.2. The van der Waals surface area contributed by atoms with E-state index in [1.54, 1.807) is 12.1 Å². The Bertz CT molecular complexity index is 742. The van der Waals surface area contributed by atoms with Gasteiger partial charge in [0.15, 0.2) is 9.84 Å². The van der Waals surface area contributed by atoms with E-state index in [0.29, 0.717) is 12.0 Å². The fourth-order valence-electron chi connectivity index (χ4n) is 2.94. The molecule has 7 nitrogen and oxygen atoms in total. The Labute approximate surface area is 148 Å². The van der Waals surface area contributed by atoms with Crippen molar-refractivity contribution in [1.82, 2.24) is 5.43 Å². The quantitative estimate of drug-likeness (QED) is 0.562. The van der Waals surface area contributed by atoms with Crippen LogP contribution in [0.2, 0.25) is 0 Å². The first-order chi connectivity index (χ1) is 11.8. The average molecular weight is 367 g/mol. The molecule has 138 valence electrons. The summed E-state index contributed by atoms with van der Waals surface area (Å²) in [7, 11) is -2.98. The van der Waals surface area contributed by atoms with Crippen molar-refractivity contribution in [2.75, 3.05) is 29.5 Å². The minimum atomic E-state index is -2.98. The molecule has 1 atom stereocenters. The Morgan fingerprint density at radius 3 is 2.68 bits per heavy atom. The van der Waals surface area contributed by atoms with Crippen molar-refractivity contribution in [3.8, 4) is 5.75 Å². The molecule has 0 aromatic heterocycles. The van der Waals surface area contributed by atoms with Gasteiger partial charge in [0.05, 0.1) is 17.7 Å². The van der Waals surface area contributed by atoms with E-state index >= 15 is 0 Å². The van der Waals surface area contributed by atoms with Crippen LogP contribution in [0.3, 0.4) is 0 Å². The molecule has 1 amide bonds. The molecule has 0 spiro atoms. The lowest BCUT2D eigenvalue weighted by Crippen LogP contribution is -2.22. The van der Waals surface area contributed by atoms with Gasteiger partial charge in [0.2, 0.25) is 5.91 Å². The average Bonchev–Trinajstić information content (AvgIpc) is 2.89. The SMILES string of the molecule is CCN(CC)c1ccc(/C=N/NC(=O)C[C@@H]2CCS(=O)(=O)C2)c(O)c1. The lowest BCUT2D eigenvalue weighted by Gasteiger charge is -2.21. The number of rotatable bonds is 7. The van der Waals surface area contributed by atoms with E-state index in [1.165, 1.54) is 6.21 Å². The smallest absolute Gasteiger partial charge is 0.240 e. The van der Waals surface area contributed by atoms with E-state index in [2.05, 4.69) is 15.4 Å². The summed E-state index contributed by atoms with van der Waals surface area (Å²) in [5.74, 6) is -0.150. The molecule has 1 aromatic carbocycles. The lowest BCUT2D eigenvalue weighted by molar-refractivity contribution is -0.121. The minimum absolute atomic E-state index is 0.0672. The topological polar surface area (TPSA) is 99.1 Å². The minimum Gasteiger partial charge on any atom is -0.507 e. The Morgan fingerprint density at radius 1 is 1.40 bits per heavy atom. The second kappa shape index (κ2) is 8.33. The highest BCUT2D eigenvalue weighted by Gasteiger charge is 2.29. The molecule has 1 aliphatic heterocycles. The van der Waals surface area contributed by atoms with Crippen molar-refractivity contribution < 1.29 is 18.3 Å². The number of amides is 1. The number of benzene rings is 1. The third-order valence-electron chi connectivity index (χ3n) is 4.34. The summed E-state index contributed by atoms with van der Waals surface area (Å²) >= 11 is 0. The largest absolute Gasteiger partial charge is 0.507 e. The molecule has 2 rings (SSSR count). The summed E-state index contributed by atoms with van der Waals surface area (Å²) in [6.45, 7) is 5.77. The molecule has 2 N–H and O–H groups in total. The number of nitrogens with one attached hydrogen (secondary N) is 1.